The molecule has 6 nitrogen and oxygen atoms in total. The Morgan fingerprint density at radius 2 is 1.58 bits per heavy atom. The van der Waals surface area contributed by atoms with E-state index in [-0.39, 0.29) is 25.1 Å². The summed E-state index contributed by atoms with van der Waals surface area (Å²) in [6.45, 7) is 3.35. The number of hydrogen-bond donors (Lipinski definition) is 0. The Kier molecular flexibility index (Phi) is 7.97. The number of benzene rings is 2. The minimum absolute atomic E-state index is 0.0646. The molecule has 0 aliphatic heterocycles. The van der Waals surface area contributed by atoms with Crippen molar-refractivity contribution in [2.75, 3.05) is 19.0 Å². The molecule has 12 heteroatoms. The van der Waals surface area contributed by atoms with Crippen molar-refractivity contribution in [2.24, 2.45) is 7.05 Å². The minimum atomic E-state index is -4.55. The molecule has 0 fully saturated rings. The molecule has 0 bridgehead atoms. The maximum atomic E-state index is 13.6. The number of tetrazole rings is 1. The Bertz CT molecular complexity index is 1180. The van der Waals surface area contributed by atoms with Crippen molar-refractivity contribution in [3.05, 3.63) is 69.8 Å². The summed E-state index contributed by atoms with van der Waals surface area (Å²) in [5.41, 5.74) is 0.180. The van der Waals surface area contributed by atoms with Crippen molar-refractivity contribution >= 4 is 5.95 Å². The van der Waals surface area contributed by atoms with E-state index < -0.39 is 23.5 Å². The van der Waals surface area contributed by atoms with E-state index in [1.165, 1.54) is 22.8 Å². The lowest BCUT2D eigenvalue weighted by Crippen LogP contribution is -2.27. The van der Waals surface area contributed by atoms with Gasteiger partial charge in [0, 0.05) is 19.1 Å². The second-order valence-electron chi connectivity index (χ2n) is 8.94. The van der Waals surface area contributed by atoms with Crippen LogP contribution in [0.15, 0.2) is 36.4 Å². The number of nitrogens with zero attached hydrogens (tertiary/aromatic N) is 6. The second-order valence-corrected chi connectivity index (χ2v) is 8.94. The largest absolute Gasteiger partial charge is 0.416 e. The fourth-order valence-corrected chi connectivity index (χ4v) is 4.25. The quantitative estimate of drug-likeness (QED) is 0.357. The van der Waals surface area contributed by atoms with Crippen molar-refractivity contribution in [3.8, 4) is 0 Å². The smallest absolute Gasteiger partial charge is 0.330 e. The van der Waals surface area contributed by atoms with Crippen LogP contribution >= 0.6 is 0 Å². The van der Waals surface area contributed by atoms with E-state index in [2.05, 4.69) is 15.4 Å². The lowest BCUT2D eigenvalue weighted by Gasteiger charge is -2.29. The van der Waals surface area contributed by atoms with Gasteiger partial charge >= 0.3 is 12.4 Å². The zero-order valence-corrected chi connectivity index (χ0v) is 20.6. The highest BCUT2D eigenvalue weighted by Gasteiger charge is 2.33. The molecule has 0 spiro atoms. The van der Waals surface area contributed by atoms with E-state index in [4.69, 9.17) is 0 Å². The highest BCUT2D eigenvalue weighted by molar-refractivity contribution is 5.41. The molecule has 0 aliphatic rings. The molecule has 1 aromatic heterocycles. The molecule has 196 valence electrons. The van der Waals surface area contributed by atoms with Crippen LogP contribution in [0.1, 0.15) is 52.8 Å². The number of anilines is 1. The monoisotopic (exact) mass is 514 g/mol. The average molecular weight is 515 g/mol. The summed E-state index contributed by atoms with van der Waals surface area (Å²) in [4.78, 5) is 4.62. The van der Waals surface area contributed by atoms with Gasteiger partial charge in [-0.25, -0.2) is 0 Å². The number of alkyl halides is 6. The SMILES string of the molecule is CCC(c1ccc(C(F)(F)F)cc1CN(Cc1cc(C)cc(C(F)(F)F)c1)c1nnn(C)n1)N(C)C. The van der Waals surface area contributed by atoms with Crippen LogP contribution in [0.25, 0.3) is 0 Å². The van der Waals surface area contributed by atoms with Gasteiger partial charge in [0.05, 0.1) is 18.2 Å². The zero-order valence-electron chi connectivity index (χ0n) is 20.6. The fourth-order valence-electron chi connectivity index (χ4n) is 4.25. The van der Waals surface area contributed by atoms with Crippen molar-refractivity contribution in [3.63, 3.8) is 0 Å². The molecular weight excluding hydrogens is 486 g/mol. The van der Waals surface area contributed by atoms with Gasteiger partial charge in [-0.1, -0.05) is 29.7 Å². The van der Waals surface area contributed by atoms with Crippen LogP contribution in [0.3, 0.4) is 0 Å². The van der Waals surface area contributed by atoms with E-state index in [0.29, 0.717) is 28.7 Å². The van der Waals surface area contributed by atoms with Gasteiger partial charge in [0.2, 0.25) is 0 Å². The Balaban J connectivity index is 2.10. The molecule has 0 radical (unpaired) electrons. The molecular formula is C24H28F6N6. The van der Waals surface area contributed by atoms with E-state index in [0.717, 1.165) is 24.3 Å². The van der Waals surface area contributed by atoms with Gasteiger partial charge in [-0.3, -0.25) is 0 Å². The first kappa shape index (κ1) is 27.4. The topological polar surface area (TPSA) is 50.1 Å². The van der Waals surface area contributed by atoms with Gasteiger partial charge in [0.25, 0.3) is 5.95 Å². The van der Waals surface area contributed by atoms with Gasteiger partial charge in [-0.05, 0) is 73.6 Å². The second kappa shape index (κ2) is 10.5. The number of aromatic nitrogens is 4. The molecule has 3 aromatic rings. The van der Waals surface area contributed by atoms with Gasteiger partial charge < -0.3 is 9.80 Å². The third-order valence-electron chi connectivity index (χ3n) is 5.82. The molecule has 0 saturated carbocycles. The van der Waals surface area contributed by atoms with Crippen LogP contribution in [0.4, 0.5) is 32.3 Å². The van der Waals surface area contributed by atoms with Gasteiger partial charge in [0.15, 0.2) is 0 Å². The lowest BCUT2D eigenvalue weighted by molar-refractivity contribution is -0.138. The lowest BCUT2D eigenvalue weighted by atomic mass is 9.94. The Morgan fingerprint density at radius 3 is 2.11 bits per heavy atom. The van der Waals surface area contributed by atoms with Crippen LogP contribution in [0.2, 0.25) is 0 Å². The average Bonchev–Trinajstić information content (AvgIpc) is 3.19. The van der Waals surface area contributed by atoms with E-state index in [9.17, 15) is 26.3 Å². The highest BCUT2D eigenvalue weighted by atomic mass is 19.4. The molecule has 0 aliphatic carbocycles. The number of rotatable bonds is 8. The normalized spacial score (nSPS) is 13.3. The number of halogens is 6. The standard InChI is InChI=1S/C24H28F6N6/c1-6-21(34(3)4)20-8-7-18(23(25,26)27)12-17(20)14-36(22-31-33-35(5)32-22)13-16-9-15(2)10-19(11-16)24(28,29)30/h7-12,21H,6,13-14H2,1-5H3. The first-order chi connectivity index (χ1) is 16.7. The number of aryl methyl sites for hydroxylation is 2. The summed E-state index contributed by atoms with van der Waals surface area (Å²) < 4.78 is 81.0. The van der Waals surface area contributed by atoms with Crippen LogP contribution < -0.4 is 4.90 Å². The summed E-state index contributed by atoms with van der Waals surface area (Å²) in [6.07, 6.45) is -8.45. The molecule has 1 unspecified atom stereocenters. The summed E-state index contributed by atoms with van der Waals surface area (Å²) in [7, 11) is 5.20. The van der Waals surface area contributed by atoms with E-state index >= 15 is 0 Å². The summed E-state index contributed by atoms with van der Waals surface area (Å²) in [5.74, 6) is 0.0915. The number of hydrogen-bond acceptors (Lipinski definition) is 5. The molecule has 3 rings (SSSR count). The van der Waals surface area contributed by atoms with Crippen molar-refractivity contribution < 1.29 is 26.3 Å². The zero-order chi connectivity index (χ0) is 26.8. The third kappa shape index (κ3) is 6.54. The summed E-state index contributed by atoms with van der Waals surface area (Å²) in [6, 6.07) is 7.09. The minimum Gasteiger partial charge on any atom is -0.330 e. The van der Waals surface area contributed by atoms with Gasteiger partial charge in [-0.15, -0.1) is 5.10 Å². The molecule has 0 amide bonds. The summed E-state index contributed by atoms with van der Waals surface area (Å²) >= 11 is 0. The molecule has 36 heavy (non-hydrogen) atoms. The highest BCUT2D eigenvalue weighted by Crippen LogP contribution is 2.35. The van der Waals surface area contributed by atoms with Crippen LogP contribution in [0.5, 0.6) is 0 Å². The van der Waals surface area contributed by atoms with Crippen molar-refractivity contribution in [1.29, 1.82) is 0 Å². The van der Waals surface area contributed by atoms with Crippen LogP contribution in [-0.4, -0.2) is 39.2 Å². The fraction of sp³-hybridized carbons (Fsp3) is 0.458. The molecule has 2 aromatic carbocycles. The van der Waals surface area contributed by atoms with E-state index in [1.807, 2.05) is 25.9 Å². The first-order valence-corrected chi connectivity index (χ1v) is 11.2. The van der Waals surface area contributed by atoms with Crippen molar-refractivity contribution in [1.82, 2.24) is 25.1 Å². The van der Waals surface area contributed by atoms with Crippen molar-refractivity contribution in [2.45, 2.75) is 51.8 Å². The maximum absolute atomic E-state index is 13.6. The molecule has 1 atom stereocenters. The van der Waals surface area contributed by atoms with Crippen LogP contribution in [0, 0.1) is 6.92 Å². The molecule has 1 heterocycles. The Labute approximate surface area is 205 Å². The predicted molar refractivity (Wildman–Crippen MR) is 123 cm³/mol. The molecule has 0 saturated heterocycles. The van der Waals surface area contributed by atoms with Gasteiger partial charge in [0.1, 0.15) is 0 Å². The van der Waals surface area contributed by atoms with E-state index in [1.54, 1.807) is 13.0 Å². The van der Waals surface area contributed by atoms with Gasteiger partial charge in [-0.2, -0.15) is 31.1 Å². The third-order valence-corrected chi connectivity index (χ3v) is 5.82. The van der Waals surface area contributed by atoms with Crippen LogP contribution in [-0.2, 0) is 32.5 Å². The summed E-state index contributed by atoms with van der Waals surface area (Å²) in [5, 5.41) is 11.9. The maximum Gasteiger partial charge on any atom is 0.416 e. The Hall–Kier alpha value is -3.15. The first-order valence-electron chi connectivity index (χ1n) is 11.2. The Morgan fingerprint density at radius 1 is 0.917 bits per heavy atom. The molecule has 0 N–H and O–H groups in total. The predicted octanol–water partition coefficient (Wildman–Crippen LogP) is 5.78.